The van der Waals surface area contributed by atoms with Crippen molar-refractivity contribution in [2.45, 2.75) is 23.4 Å². The van der Waals surface area contributed by atoms with E-state index in [-0.39, 0.29) is 31.9 Å². The molecular weight excluding hydrogens is 490 g/mol. The van der Waals surface area contributed by atoms with Crippen LogP contribution in [0.4, 0.5) is 37.7 Å². The first-order valence-electron chi connectivity index (χ1n) is 9.97. The highest BCUT2D eigenvalue weighted by molar-refractivity contribution is 7.89. The third kappa shape index (κ3) is 4.78. The number of halogens is 6. The molecule has 0 aliphatic carbocycles. The average molecular weight is 508 g/mol. The molecule has 0 unspecified atom stereocenters. The quantitative estimate of drug-likeness (QED) is 0.610. The van der Waals surface area contributed by atoms with Crippen LogP contribution < -0.4 is 14.9 Å². The van der Waals surface area contributed by atoms with Gasteiger partial charge in [-0.05, 0) is 36.4 Å². The first kappa shape index (κ1) is 24.1. The second-order valence-corrected chi connectivity index (χ2v) is 9.45. The highest BCUT2D eigenvalue weighted by Crippen LogP contribution is 2.35. The van der Waals surface area contributed by atoms with E-state index < -0.39 is 50.5 Å². The Kier molecular flexibility index (Phi) is 5.92. The third-order valence-corrected chi connectivity index (χ3v) is 7.03. The van der Waals surface area contributed by atoms with Crippen LogP contribution >= 0.6 is 0 Å². The van der Waals surface area contributed by atoms with Gasteiger partial charge in [0.15, 0.2) is 6.17 Å². The van der Waals surface area contributed by atoms with Gasteiger partial charge in [-0.3, -0.25) is 4.79 Å². The number of rotatable bonds is 2. The predicted molar refractivity (Wildman–Crippen MR) is 109 cm³/mol. The molecule has 2 aliphatic rings. The van der Waals surface area contributed by atoms with Gasteiger partial charge >= 0.3 is 12.4 Å². The van der Waals surface area contributed by atoms with Crippen molar-refractivity contribution in [1.82, 2.24) is 9.62 Å². The molecule has 4 rings (SSSR count). The lowest BCUT2D eigenvalue weighted by Gasteiger charge is -2.38. The minimum Gasteiger partial charge on any atom is -0.368 e. The molecule has 2 N–H and O–H groups in total. The first-order valence-corrected chi connectivity index (χ1v) is 11.5. The van der Waals surface area contributed by atoms with Crippen LogP contribution in [-0.4, -0.2) is 51.6 Å². The fourth-order valence-corrected chi connectivity index (χ4v) is 5.07. The number of benzene rings is 2. The molecule has 2 aromatic rings. The highest BCUT2D eigenvalue weighted by Gasteiger charge is 2.39. The number of hydrogen-bond acceptors (Lipinski definition) is 5. The van der Waals surface area contributed by atoms with Gasteiger partial charge in [0.1, 0.15) is 4.90 Å². The molecule has 7 nitrogen and oxygen atoms in total. The summed E-state index contributed by atoms with van der Waals surface area (Å²) in [7, 11) is -4.25. The molecule has 0 spiro atoms. The van der Waals surface area contributed by atoms with Crippen LogP contribution in [0.15, 0.2) is 47.4 Å². The lowest BCUT2D eigenvalue weighted by molar-refractivity contribution is -0.138. The topological polar surface area (TPSA) is 81.7 Å². The van der Waals surface area contributed by atoms with Gasteiger partial charge in [-0.25, -0.2) is 8.42 Å². The maximum atomic E-state index is 13.0. The molecular formula is C20H18F6N4O3S. The normalized spacial score (nSPS) is 20.5. The lowest BCUT2D eigenvalue weighted by Crippen LogP contribution is -2.58. The minimum atomic E-state index is -4.70. The van der Waals surface area contributed by atoms with Crippen LogP contribution in [0.1, 0.15) is 11.1 Å². The smallest absolute Gasteiger partial charge is 0.368 e. The van der Waals surface area contributed by atoms with Gasteiger partial charge in [-0.2, -0.15) is 31.1 Å². The molecule has 0 bridgehead atoms. The summed E-state index contributed by atoms with van der Waals surface area (Å²) in [5.41, 5.74) is -1.90. The zero-order valence-electron chi connectivity index (χ0n) is 17.2. The van der Waals surface area contributed by atoms with E-state index in [1.165, 1.54) is 17.0 Å². The maximum absolute atomic E-state index is 13.0. The predicted octanol–water partition coefficient (Wildman–Crippen LogP) is 3.10. The van der Waals surface area contributed by atoms with E-state index in [0.29, 0.717) is 17.8 Å². The van der Waals surface area contributed by atoms with Crippen molar-refractivity contribution in [2.75, 3.05) is 36.4 Å². The molecule has 0 radical (unpaired) electrons. The number of fused-ring (bicyclic) bond motifs is 1. The van der Waals surface area contributed by atoms with E-state index in [1.807, 2.05) is 0 Å². The Bertz CT molecular complexity index is 1210. The summed E-state index contributed by atoms with van der Waals surface area (Å²) in [5.74, 6) is -0.713. The maximum Gasteiger partial charge on any atom is 0.416 e. The Morgan fingerprint density at radius 3 is 2.12 bits per heavy atom. The number of hydrogen-bond donors (Lipinski definition) is 2. The van der Waals surface area contributed by atoms with Crippen molar-refractivity contribution in [3.05, 3.63) is 53.6 Å². The molecule has 2 aliphatic heterocycles. The number of alkyl halides is 6. The van der Waals surface area contributed by atoms with E-state index in [1.54, 1.807) is 4.90 Å². The first-order chi connectivity index (χ1) is 15.8. The zero-order valence-corrected chi connectivity index (χ0v) is 18.1. The van der Waals surface area contributed by atoms with E-state index in [2.05, 4.69) is 10.0 Å². The van der Waals surface area contributed by atoms with Crippen molar-refractivity contribution in [3.63, 3.8) is 0 Å². The summed E-state index contributed by atoms with van der Waals surface area (Å²) in [5, 5.41) is 2.51. The number of nitrogens with one attached hydrogen (secondary N) is 2. The van der Waals surface area contributed by atoms with E-state index in [0.717, 1.165) is 18.2 Å². The van der Waals surface area contributed by atoms with Crippen molar-refractivity contribution < 1.29 is 39.6 Å². The molecule has 184 valence electrons. The molecule has 2 aromatic carbocycles. The number of nitrogens with zero attached hydrogens (tertiary/aromatic N) is 2. The molecule has 1 fully saturated rings. The van der Waals surface area contributed by atoms with E-state index in [9.17, 15) is 39.6 Å². The van der Waals surface area contributed by atoms with Crippen LogP contribution in [0.3, 0.4) is 0 Å². The fourth-order valence-electron chi connectivity index (χ4n) is 3.82. The van der Waals surface area contributed by atoms with E-state index >= 15 is 0 Å². The molecule has 1 atom stereocenters. The molecule has 0 aromatic heterocycles. The second kappa shape index (κ2) is 8.34. The van der Waals surface area contributed by atoms with Crippen LogP contribution in [0.2, 0.25) is 0 Å². The van der Waals surface area contributed by atoms with Gasteiger partial charge in [0.05, 0.1) is 16.8 Å². The highest BCUT2D eigenvalue weighted by atomic mass is 32.2. The Hall–Kier alpha value is -3.00. The Morgan fingerprint density at radius 2 is 1.50 bits per heavy atom. The SMILES string of the molecule is O=C([C@H]1Nc2cc(C(F)(F)F)ccc2S(=O)(=O)N1)N1CCN(c2cccc(C(F)(F)F)c2)CC1. The Morgan fingerprint density at radius 1 is 0.882 bits per heavy atom. The van der Waals surface area contributed by atoms with Crippen molar-refractivity contribution in [3.8, 4) is 0 Å². The second-order valence-electron chi connectivity index (χ2n) is 7.77. The summed E-state index contributed by atoms with van der Waals surface area (Å²) >= 11 is 0. The number of sulfonamides is 1. The number of piperazine rings is 1. The van der Waals surface area contributed by atoms with Gasteiger partial charge in [0, 0.05) is 31.9 Å². The van der Waals surface area contributed by atoms with Gasteiger partial charge in [0.2, 0.25) is 10.0 Å². The summed E-state index contributed by atoms with van der Waals surface area (Å²) in [6, 6.07) is 6.81. The average Bonchev–Trinajstić information content (AvgIpc) is 2.77. The van der Waals surface area contributed by atoms with Gasteiger partial charge in [0.25, 0.3) is 5.91 Å². The Labute approximate surface area is 190 Å². The number of anilines is 2. The summed E-state index contributed by atoms with van der Waals surface area (Å²) in [6.45, 7) is 0.511. The van der Waals surface area contributed by atoms with Gasteiger partial charge in [-0.1, -0.05) is 6.07 Å². The number of amides is 1. The fraction of sp³-hybridized carbons (Fsp3) is 0.350. The molecule has 34 heavy (non-hydrogen) atoms. The summed E-state index contributed by atoms with van der Waals surface area (Å²) in [4.78, 5) is 15.4. The van der Waals surface area contributed by atoms with Crippen LogP contribution in [0, 0.1) is 0 Å². The molecule has 1 saturated heterocycles. The zero-order chi connectivity index (χ0) is 24.9. The van der Waals surface area contributed by atoms with Crippen LogP contribution in [0.25, 0.3) is 0 Å². The monoisotopic (exact) mass is 508 g/mol. The molecule has 14 heteroatoms. The van der Waals surface area contributed by atoms with Crippen molar-refractivity contribution in [2.24, 2.45) is 0 Å². The minimum absolute atomic E-state index is 0.0738. The standard InChI is InChI=1S/C20H18F6N4O3S/c21-19(22,23)12-2-1-3-14(10-12)29-6-8-30(9-7-29)18(31)17-27-15-11-13(20(24,25)26)4-5-16(15)34(32,33)28-17/h1-5,10-11,17,27-28H,6-9H2/t17-/m0/s1. The Balaban J connectivity index is 1.47. The molecule has 1 amide bonds. The summed E-state index contributed by atoms with van der Waals surface area (Å²) in [6.07, 6.45) is -10.7. The molecule has 2 heterocycles. The van der Waals surface area contributed by atoms with Gasteiger partial charge < -0.3 is 15.1 Å². The molecule has 0 saturated carbocycles. The lowest BCUT2D eigenvalue weighted by atomic mass is 10.1. The van der Waals surface area contributed by atoms with Crippen LogP contribution in [0.5, 0.6) is 0 Å². The largest absolute Gasteiger partial charge is 0.416 e. The van der Waals surface area contributed by atoms with Crippen LogP contribution in [-0.2, 0) is 27.2 Å². The van der Waals surface area contributed by atoms with Crippen molar-refractivity contribution in [1.29, 1.82) is 0 Å². The van der Waals surface area contributed by atoms with Gasteiger partial charge in [-0.15, -0.1) is 0 Å². The van der Waals surface area contributed by atoms with E-state index in [4.69, 9.17) is 0 Å². The van der Waals surface area contributed by atoms with Crippen molar-refractivity contribution >= 4 is 27.3 Å². The number of carbonyl (C=O) groups is 1. The number of carbonyl (C=O) groups excluding carboxylic acids is 1. The third-order valence-electron chi connectivity index (χ3n) is 5.55. The summed E-state index contributed by atoms with van der Waals surface area (Å²) < 4.78 is 105.